The molecule has 2 rings (SSSR count). The third-order valence-corrected chi connectivity index (χ3v) is 2.47. The number of rotatable bonds is 2. The number of carbonyl (C=O) groups is 1. The molecule has 1 aromatic carbocycles. The summed E-state index contributed by atoms with van der Waals surface area (Å²) in [5.41, 5.74) is 0.861. The smallest absolute Gasteiger partial charge is 0.257 e. The summed E-state index contributed by atoms with van der Waals surface area (Å²) in [6.45, 7) is 1.70. The van der Waals surface area contributed by atoms with E-state index in [1.165, 1.54) is 18.5 Å². The first-order chi connectivity index (χ1) is 8.56. The number of nitrogens with one attached hydrogen (secondary N) is 1. The van der Waals surface area contributed by atoms with Crippen molar-refractivity contribution in [3.8, 4) is 0 Å². The summed E-state index contributed by atoms with van der Waals surface area (Å²) in [6.07, 6.45) is 2.81. The van der Waals surface area contributed by atoms with Gasteiger partial charge in [-0.05, 0) is 30.7 Å². The van der Waals surface area contributed by atoms with Crippen molar-refractivity contribution in [2.75, 3.05) is 5.32 Å². The minimum absolute atomic E-state index is 0.0824. The summed E-state index contributed by atoms with van der Waals surface area (Å²) in [5, 5.41) is 2.55. The molecule has 0 aliphatic heterocycles. The molecule has 1 N–H and O–H groups in total. The van der Waals surface area contributed by atoms with Gasteiger partial charge in [0.25, 0.3) is 5.91 Å². The third kappa shape index (κ3) is 2.81. The topological polar surface area (TPSA) is 54.9 Å². The number of hydrogen-bond donors (Lipinski definition) is 1. The van der Waals surface area contributed by atoms with E-state index in [0.717, 1.165) is 6.07 Å². The van der Waals surface area contributed by atoms with Gasteiger partial charge in [0.15, 0.2) is 11.0 Å². The first-order valence-corrected chi connectivity index (χ1v) is 5.49. The lowest BCUT2D eigenvalue weighted by Crippen LogP contribution is -2.14. The van der Waals surface area contributed by atoms with E-state index in [1.807, 2.05) is 0 Å². The number of carbonyl (C=O) groups excluding carboxylic acids is 1. The molecule has 4 nitrogen and oxygen atoms in total. The lowest BCUT2D eigenvalue weighted by molar-refractivity contribution is 0.102. The van der Waals surface area contributed by atoms with Crippen LogP contribution in [0.25, 0.3) is 0 Å². The Balaban J connectivity index is 2.25. The lowest BCUT2D eigenvalue weighted by atomic mass is 10.1. The number of aromatic nitrogens is 2. The molecule has 92 valence electrons. The fraction of sp³-hybridized carbons (Fsp3) is 0.0833. The summed E-state index contributed by atoms with van der Waals surface area (Å²) in [4.78, 5) is 19.5. The molecule has 0 aliphatic carbocycles. The Morgan fingerprint density at radius 1 is 1.28 bits per heavy atom. The van der Waals surface area contributed by atoms with Crippen molar-refractivity contribution in [2.24, 2.45) is 0 Å². The van der Waals surface area contributed by atoms with Crippen LogP contribution >= 0.6 is 11.6 Å². The molecule has 18 heavy (non-hydrogen) atoms. The summed E-state index contributed by atoms with van der Waals surface area (Å²) in [5.74, 6) is -0.809. The van der Waals surface area contributed by atoms with Crippen molar-refractivity contribution in [2.45, 2.75) is 6.92 Å². The van der Waals surface area contributed by atoms with Gasteiger partial charge in [-0.2, -0.15) is 0 Å². The highest BCUT2D eigenvalue weighted by Crippen LogP contribution is 2.16. The molecule has 1 aromatic heterocycles. The standard InChI is InChI=1S/C12H9ClFN3O/c1-7-4-8(6-9(14)5-7)12(18)17-11-10(13)15-2-3-16-11/h2-6H,1H3,(H,16,17,18). The van der Waals surface area contributed by atoms with Crippen LogP contribution in [-0.4, -0.2) is 15.9 Å². The Kier molecular flexibility index (Phi) is 3.53. The van der Waals surface area contributed by atoms with Crippen molar-refractivity contribution in [3.05, 3.63) is 52.7 Å². The molecule has 0 unspecified atom stereocenters. The molecule has 0 atom stereocenters. The SMILES string of the molecule is Cc1cc(F)cc(C(=O)Nc2nccnc2Cl)c1. The van der Waals surface area contributed by atoms with Gasteiger partial charge < -0.3 is 5.32 Å². The fourth-order valence-corrected chi connectivity index (χ4v) is 1.60. The van der Waals surface area contributed by atoms with E-state index >= 15 is 0 Å². The number of halogens is 2. The van der Waals surface area contributed by atoms with Gasteiger partial charge >= 0.3 is 0 Å². The molecule has 1 amide bonds. The van der Waals surface area contributed by atoms with Gasteiger partial charge in [-0.25, -0.2) is 14.4 Å². The second kappa shape index (κ2) is 5.10. The summed E-state index contributed by atoms with van der Waals surface area (Å²) >= 11 is 5.76. The van der Waals surface area contributed by atoms with Crippen LogP contribution in [0.5, 0.6) is 0 Å². The van der Waals surface area contributed by atoms with Gasteiger partial charge in [0, 0.05) is 18.0 Å². The van der Waals surface area contributed by atoms with Gasteiger partial charge in [-0.3, -0.25) is 4.79 Å². The highest BCUT2D eigenvalue weighted by molar-refractivity contribution is 6.32. The average molecular weight is 266 g/mol. The highest BCUT2D eigenvalue weighted by Gasteiger charge is 2.11. The first kappa shape index (κ1) is 12.4. The quantitative estimate of drug-likeness (QED) is 0.908. The Morgan fingerprint density at radius 3 is 2.67 bits per heavy atom. The second-order valence-corrected chi connectivity index (χ2v) is 4.03. The van der Waals surface area contributed by atoms with Crippen molar-refractivity contribution in [1.82, 2.24) is 9.97 Å². The summed E-state index contributed by atoms with van der Waals surface area (Å²) in [6, 6.07) is 4.06. The summed E-state index contributed by atoms with van der Waals surface area (Å²) in [7, 11) is 0. The maximum Gasteiger partial charge on any atom is 0.257 e. The van der Waals surface area contributed by atoms with Crippen LogP contribution in [0.15, 0.2) is 30.6 Å². The molecule has 0 radical (unpaired) electrons. The predicted octanol–water partition coefficient (Wildman–Crippen LogP) is 2.83. The first-order valence-electron chi connectivity index (χ1n) is 5.11. The molecule has 1 heterocycles. The van der Waals surface area contributed by atoms with Crippen LogP contribution in [0.3, 0.4) is 0 Å². The van der Waals surface area contributed by atoms with Crippen LogP contribution in [-0.2, 0) is 0 Å². The lowest BCUT2D eigenvalue weighted by Gasteiger charge is -2.06. The number of aryl methyl sites for hydroxylation is 1. The van der Waals surface area contributed by atoms with Crippen LogP contribution in [0.4, 0.5) is 10.2 Å². The minimum atomic E-state index is -0.486. The van der Waals surface area contributed by atoms with Crippen molar-refractivity contribution < 1.29 is 9.18 Å². The minimum Gasteiger partial charge on any atom is -0.304 e. The Hall–Kier alpha value is -2.01. The number of nitrogens with zero attached hydrogens (tertiary/aromatic N) is 2. The highest BCUT2D eigenvalue weighted by atomic mass is 35.5. The van der Waals surface area contributed by atoms with E-state index < -0.39 is 11.7 Å². The van der Waals surface area contributed by atoms with E-state index in [2.05, 4.69) is 15.3 Å². The largest absolute Gasteiger partial charge is 0.304 e. The molecule has 0 aliphatic rings. The van der Waals surface area contributed by atoms with Crippen LogP contribution < -0.4 is 5.32 Å². The van der Waals surface area contributed by atoms with Crippen molar-refractivity contribution in [1.29, 1.82) is 0 Å². The Bertz CT molecular complexity index is 583. The van der Waals surface area contributed by atoms with Crippen molar-refractivity contribution in [3.63, 3.8) is 0 Å². The number of hydrogen-bond acceptors (Lipinski definition) is 3. The maximum atomic E-state index is 13.2. The van der Waals surface area contributed by atoms with Gasteiger partial charge in [-0.1, -0.05) is 11.6 Å². The third-order valence-electron chi connectivity index (χ3n) is 2.19. The van der Waals surface area contributed by atoms with Gasteiger partial charge in [0.05, 0.1) is 0 Å². The van der Waals surface area contributed by atoms with Crippen LogP contribution in [0.1, 0.15) is 15.9 Å². The Labute approximate surface area is 108 Å². The Morgan fingerprint density at radius 2 is 2.00 bits per heavy atom. The van der Waals surface area contributed by atoms with Crippen LogP contribution in [0.2, 0.25) is 5.15 Å². The molecule has 0 bridgehead atoms. The zero-order valence-electron chi connectivity index (χ0n) is 9.45. The predicted molar refractivity (Wildman–Crippen MR) is 66.1 cm³/mol. The molecule has 6 heteroatoms. The molecular formula is C12H9ClFN3O. The van der Waals surface area contributed by atoms with E-state index in [4.69, 9.17) is 11.6 Å². The normalized spacial score (nSPS) is 10.2. The van der Waals surface area contributed by atoms with Crippen molar-refractivity contribution >= 4 is 23.3 Å². The van der Waals surface area contributed by atoms with E-state index in [1.54, 1.807) is 13.0 Å². The number of anilines is 1. The van der Waals surface area contributed by atoms with E-state index in [0.29, 0.717) is 5.56 Å². The molecular weight excluding hydrogens is 257 g/mol. The number of benzene rings is 1. The molecule has 0 spiro atoms. The van der Waals surface area contributed by atoms with E-state index in [-0.39, 0.29) is 16.5 Å². The van der Waals surface area contributed by atoms with Gasteiger partial charge in [0.1, 0.15) is 5.82 Å². The molecule has 0 saturated carbocycles. The number of amides is 1. The zero-order valence-corrected chi connectivity index (χ0v) is 10.2. The maximum absolute atomic E-state index is 13.2. The monoisotopic (exact) mass is 265 g/mol. The van der Waals surface area contributed by atoms with Gasteiger partial charge in [0.2, 0.25) is 0 Å². The second-order valence-electron chi connectivity index (χ2n) is 3.67. The van der Waals surface area contributed by atoms with E-state index in [9.17, 15) is 9.18 Å². The molecule has 0 fully saturated rings. The molecule has 0 saturated heterocycles. The van der Waals surface area contributed by atoms with Gasteiger partial charge in [-0.15, -0.1) is 0 Å². The van der Waals surface area contributed by atoms with Crippen LogP contribution in [0, 0.1) is 12.7 Å². The fourth-order valence-electron chi connectivity index (χ4n) is 1.45. The summed E-state index contributed by atoms with van der Waals surface area (Å²) < 4.78 is 13.2. The molecule has 2 aromatic rings. The zero-order chi connectivity index (χ0) is 13.1. The average Bonchev–Trinajstić information content (AvgIpc) is 2.31.